The minimum atomic E-state index is -3.79. The molecule has 3 rings (SSSR count). The van der Waals surface area contributed by atoms with Gasteiger partial charge < -0.3 is 9.64 Å². The first-order chi connectivity index (χ1) is 17.8. The predicted octanol–water partition coefficient (Wildman–Crippen LogP) is 6.75. The molecule has 0 aliphatic carbocycles. The summed E-state index contributed by atoms with van der Waals surface area (Å²) in [7, 11) is -3.79. The number of carbonyl (C=O) groups is 1. The number of carbonyl (C=O) groups excluding carboxylic acids is 1. The van der Waals surface area contributed by atoms with Gasteiger partial charge in [-0.3, -0.25) is 4.79 Å². The van der Waals surface area contributed by atoms with Crippen molar-refractivity contribution in [1.29, 1.82) is 0 Å². The van der Waals surface area contributed by atoms with Crippen LogP contribution in [-0.2, 0) is 25.3 Å². The molecule has 0 radical (unpaired) electrons. The summed E-state index contributed by atoms with van der Waals surface area (Å²) in [6.07, 6.45) is 7.51. The van der Waals surface area contributed by atoms with Crippen LogP contribution in [0.15, 0.2) is 52.3 Å². The van der Waals surface area contributed by atoms with E-state index in [4.69, 9.17) is 4.74 Å². The number of hydrogen-bond donors (Lipinski definition) is 1. The minimum Gasteiger partial charge on any atom is -0.465 e. The molecule has 0 aromatic heterocycles. The van der Waals surface area contributed by atoms with Gasteiger partial charge in [0.15, 0.2) is 0 Å². The molecule has 0 saturated heterocycles. The van der Waals surface area contributed by atoms with Crippen molar-refractivity contribution in [2.75, 3.05) is 30.1 Å². The molecule has 2 aromatic carbocycles. The zero-order valence-corrected chi connectivity index (χ0v) is 24.9. The average molecular weight is 565 g/mol. The van der Waals surface area contributed by atoms with E-state index >= 15 is 0 Å². The highest BCUT2D eigenvalue weighted by Crippen LogP contribution is 2.42. The monoisotopic (exact) mass is 564 g/mol. The van der Waals surface area contributed by atoms with Crippen molar-refractivity contribution in [2.24, 2.45) is 0 Å². The maximum atomic E-state index is 14.0. The zero-order chi connectivity index (χ0) is 26.9. The van der Waals surface area contributed by atoms with Gasteiger partial charge in [0.05, 0.1) is 23.6 Å². The molecule has 0 atom stereocenters. The van der Waals surface area contributed by atoms with E-state index in [2.05, 4.69) is 23.5 Å². The fourth-order valence-corrected chi connectivity index (χ4v) is 8.00. The molecule has 204 valence electrons. The number of esters is 1. The molecular weight excluding hydrogens is 525 g/mol. The third kappa shape index (κ3) is 7.68. The standard InChI is InChI=1S/C28H40N2O4S3/c1-5-8-15-28(16-9-6-2)21-30(23-13-11-10-12-14-23)24-18-25(35-4)22(17-26(24)37(32,33)29-28)19-36-20-27(31)34-7-3/h10-14,17-18,29H,5-9,15-16,19-21H2,1-4H3. The number of thioether (sulfide) groups is 2. The van der Waals surface area contributed by atoms with Crippen LogP contribution in [0.25, 0.3) is 0 Å². The summed E-state index contributed by atoms with van der Waals surface area (Å²) in [5, 5.41) is 0. The highest BCUT2D eigenvalue weighted by atomic mass is 32.2. The number of para-hydroxylation sites is 1. The molecule has 1 heterocycles. The number of benzene rings is 2. The average Bonchev–Trinajstić information content (AvgIpc) is 2.98. The summed E-state index contributed by atoms with van der Waals surface area (Å²) >= 11 is 3.04. The molecule has 0 saturated carbocycles. The molecule has 0 unspecified atom stereocenters. The van der Waals surface area contributed by atoms with Crippen molar-refractivity contribution < 1.29 is 17.9 Å². The summed E-state index contributed by atoms with van der Waals surface area (Å²) in [6.45, 7) is 7.01. The molecule has 0 bridgehead atoms. The molecular formula is C28H40N2O4S3. The molecule has 9 heteroatoms. The Morgan fingerprint density at radius 1 is 1.08 bits per heavy atom. The topological polar surface area (TPSA) is 75.7 Å². The van der Waals surface area contributed by atoms with Gasteiger partial charge in [0.25, 0.3) is 0 Å². The van der Waals surface area contributed by atoms with E-state index in [1.807, 2.05) is 48.7 Å². The van der Waals surface area contributed by atoms with Crippen LogP contribution in [0.2, 0.25) is 0 Å². The van der Waals surface area contributed by atoms with Gasteiger partial charge in [-0.1, -0.05) is 57.7 Å². The number of ether oxygens (including phenoxy) is 1. The van der Waals surface area contributed by atoms with E-state index in [9.17, 15) is 13.2 Å². The van der Waals surface area contributed by atoms with Crippen LogP contribution in [0.3, 0.4) is 0 Å². The van der Waals surface area contributed by atoms with Crippen LogP contribution in [0, 0.1) is 0 Å². The first-order valence-corrected chi connectivity index (χ1v) is 17.0. The molecule has 6 nitrogen and oxygen atoms in total. The highest BCUT2D eigenvalue weighted by Gasteiger charge is 2.41. The van der Waals surface area contributed by atoms with Crippen LogP contribution in [0.1, 0.15) is 64.9 Å². The van der Waals surface area contributed by atoms with Crippen molar-refractivity contribution in [3.05, 3.63) is 48.0 Å². The number of unbranched alkanes of at least 4 members (excludes halogenated alkanes) is 2. The SMILES string of the molecule is CCCCC1(CCCC)CN(c2ccccc2)c2cc(SC)c(CSCC(=O)OCC)cc2S(=O)(=O)N1. The molecule has 0 fully saturated rings. The Labute approximate surface area is 231 Å². The highest BCUT2D eigenvalue weighted by molar-refractivity contribution is 7.99. The van der Waals surface area contributed by atoms with Crippen molar-refractivity contribution in [2.45, 2.75) is 80.4 Å². The van der Waals surface area contributed by atoms with Gasteiger partial charge in [0.1, 0.15) is 4.90 Å². The van der Waals surface area contributed by atoms with Gasteiger partial charge in [-0.25, -0.2) is 13.1 Å². The molecule has 1 aliphatic heterocycles. The first-order valence-electron chi connectivity index (χ1n) is 13.1. The summed E-state index contributed by atoms with van der Waals surface area (Å²) in [4.78, 5) is 15.4. The van der Waals surface area contributed by atoms with E-state index in [1.54, 1.807) is 18.7 Å². The normalized spacial score (nSPS) is 16.2. The summed E-state index contributed by atoms with van der Waals surface area (Å²) < 4.78 is 36.3. The molecule has 37 heavy (non-hydrogen) atoms. The number of nitrogens with zero attached hydrogens (tertiary/aromatic N) is 1. The Morgan fingerprint density at radius 2 is 1.76 bits per heavy atom. The molecule has 1 N–H and O–H groups in total. The number of hydrogen-bond acceptors (Lipinski definition) is 7. The summed E-state index contributed by atoms with van der Waals surface area (Å²) in [5.41, 5.74) is 2.04. The predicted molar refractivity (Wildman–Crippen MR) is 157 cm³/mol. The van der Waals surface area contributed by atoms with Gasteiger partial charge >= 0.3 is 5.97 Å². The van der Waals surface area contributed by atoms with E-state index in [-0.39, 0.29) is 11.7 Å². The van der Waals surface area contributed by atoms with E-state index < -0.39 is 15.6 Å². The maximum Gasteiger partial charge on any atom is 0.315 e. The molecule has 1 aliphatic rings. The lowest BCUT2D eigenvalue weighted by atomic mass is 9.87. The van der Waals surface area contributed by atoms with Gasteiger partial charge in [0.2, 0.25) is 10.0 Å². The number of nitrogens with one attached hydrogen (secondary N) is 1. The number of fused-ring (bicyclic) bond motifs is 1. The van der Waals surface area contributed by atoms with Crippen molar-refractivity contribution >= 4 is 50.9 Å². The number of rotatable bonds is 13. The second kappa shape index (κ2) is 13.9. The number of anilines is 2. The van der Waals surface area contributed by atoms with Crippen molar-refractivity contribution in [3.8, 4) is 0 Å². The van der Waals surface area contributed by atoms with Crippen molar-refractivity contribution in [1.82, 2.24) is 4.72 Å². The Morgan fingerprint density at radius 3 is 2.35 bits per heavy atom. The lowest BCUT2D eigenvalue weighted by Gasteiger charge is -2.37. The quantitative estimate of drug-likeness (QED) is 0.213. The Hall–Kier alpha value is -1.68. The van der Waals surface area contributed by atoms with Gasteiger partial charge in [-0.2, -0.15) is 0 Å². The third-order valence-corrected chi connectivity index (χ3v) is 10.0. The van der Waals surface area contributed by atoms with Gasteiger partial charge in [-0.05, 0) is 55.9 Å². The molecule has 0 amide bonds. The van der Waals surface area contributed by atoms with E-state index in [0.717, 1.165) is 54.7 Å². The van der Waals surface area contributed by atoms with E-state index in [0.29, 0.717) is 29.5 Å². The van der Waals surface area contributed by atoms with Crippen molar-refractivity contribution in [3.63, 3.8) is 0 Å². The molecule has 2 aromatic rings. The Kier molecular flexibility index (Phi) is 11.2. The Bertz CT molecular complexity index is 1130. The fourth-order valence-electron chi connectivity index (χ4n) is 4.78. The van der Waals surface area contributed by atoms with Crippen LogP contribution >= 0.6 is 23.5 Å². The van der Waals surface area contributed by atoms with Gasteiger partial charge in [0, 0.05) is 22.9 Å². The van der Waals surface area contributed by atoms with Crippen LogP contribution < -0.4 is 9.62 Å². The minimum absolute atomic E-state index is 0.233. The lowest BCUT2D eigenvalue weighted by Crippen LogP contribution is -2.53. The first kappa shape index (κ1) is 29.9. The van der Waals surface area contributed by atoms with Gasteiger partial charge in [-0.15, -0.1) is 23.5 Å². The Balaban J connectivity index is 2.12. The summed E-state index contributed by atoms with van der Waals surface area (Å²) in [6, 6.07) is 13.9. The fraction of sp³-hybridized carbons (Fsp3) is 0.536. The lowest BCUT2D eigenvalue weighted by molar-refractivity contribution is -0.139. The smallest absolute Gasteiger partial charge is 0.315 e. The second-order valence-corrected chi connectivity index (χ2v) is 12.9. The second-order valence-electron chi connectivity index (χ2n) is 9.44. The zero-order valence-electron chi connectivity index (χ0n) is 22.4. The van der Waals surface area contributed by atoms with Crippen LogP contribution in [-0.4, -0.2) is 45.1 Å². The molecule has 0 spiro atoms. The van der Waals surface area contributed by atoms with Crippen LogP contribution in [0.5, 0.6) is 0 Å². The summed E-state index contributed by atoms with van der Waals surface area (Å²) in [5.74, 6) is 0.505. The third-order valence-electron chi connectivity index (χ3n) is 6.62. The van der Waals surface area contributed by atoms with Crippen LogP contribution in [0.4, 0.5) is 11.4 Å². The largest absolute Gasteiger partial charge is 0.465 e. The number of sulfonamides is 1. The maximum absolute atomic E-state index is 14.0. The van der Waals surface area contributed by atoms with E-state index in [1.165, 1.54) is 11.8 Å².